The monoisotopic (exact) mass is 399 g/mol. The number of amides is 2. The van der Waals surface area contributed by atoms with Crippen molar-refractivity contribution in [2.45, 2.75) is 39.5 Å². The topological polar surface area (TPSA) is 91.9 Å². The molecule has 29 heavy (non-hydrogen) atoms. The molecule has 2 aromatic rings. The summed E-state index contributed by atoms with van der Waals surface area (Å²) in [7, 11) is 0. The second-order valence-corrected chi connectivity index (χ2v) is 7.79. The van der Waals surface area contributed by atoms with Gasteiger partial charge in [-0.2, -0.15) is 0 Å². The fourth-order valence-electron chi connectivity index (χ4n) is 2.94. The number of aromatic amines is 1. The lowest BCUT2D eigenvalue weighted by Gasteiger charge is -2.26. The van der Waals surface area contributed by atoms with Gasteiger partial charge in [-0.05, 0) is 32.4 Å². The van der Waals surface area contributed by atoms with Crippen molar-refractivity contribution in [3.63, 3.8) is 0 Å². The minimum Gasteiger partial charge on any atom is -0.444 e. The van der Waals surface area contributed by atoms with Crippen LogP contribution in [0.2, 0.25) is 0 Å². The average Bonchev–Trinajstić information content (AvgIpc) is 2.85. The maximum Gasteiger partial charge on any atom is 0.415 e. The average molecular weight is 399 g/mol. The van der Waals surface area contributed by atoms with Crippen LogP contribution in [0.15, 0.2) is 47.3 Å². The van der Waals surface area contributed by atoms with Crippen LogP contribution in [0.4, 0.5) is 15.4 Å². The number of carbonyl (C=O) groups excluding carboxylic acids is 2. The summed E-state index contributed by atoms with van der Waals surface area (Å²) in [6, 6.07) is 12.3. The molecule has 2 amide bonds. The van der Waals surface area contributed by atoms with E-state index in [0.717, 1.165) is 5.56 Å². The summed E-state index contributed by atoms with van der Waals surface area (Å²) in [5, 5.41) is 0. The lowest BCUT2D eigenvalue weighted by molar-refractivity contribution is 0.0242. The zero-order valence-electron chi connectivity index (χ0n) is 16.8. The smallest absolute Gasteiger partial charge is 0.415 e. The number of nitrogens with one attached hydrogen (secondary N) is 1. The third-order valence-corrected chi connectivity index (χ3v) is 4.28. The number of fused-ring (bicyclic) bond motifs is 1. The Morgan fingerprint density at radius 1 is 1.03 bits per heavy atom. The van der Waals surface area contributed by atoms with E-state index in [4.69, 9.17) is 9.47 Å². The fraction of sp³-hybridized carbons (Fsp3) is 0.381. The molecule has 8 heteroatoms. The van der Waals surface area contributed by atoms with Gasteiger partial charge in [0.05, 0.1) is 6.54 Å². The van der Waals surface area contributed by atoms with Crippen molar-refractivity contribution in [3.8, 4) is 0 Å². The van der Waals surface area contributed by atoms with Gasteiger partial charge in [0.15, 0.2) is 0 Å². The molecule has 0 fully saturated rings. The van der Waals surface area contributed by atoms with E-state index in [-0.39, 0.29) is 31.8 Å². The van der Waals surface area contributed by atoms with Crippen LogP contribution < -0.4 is 10.5 Å². The highest BCUT2D eigenvalue weighted by atomic mass is 16.6. The van der Waals surface area contributed by atoms with E-state index in [1.807, 2.05) is 30.3 Å². The van der Waals surface area contributed by atoms with Crippen LogP contribution in [0, 0.1) is 0 Å². The Morgan fingerprint density at radius 2 is 1.76 bits per heavy atom. The van der Waals surface area contributed by atoms with Gasteiger partial charge in [-0.3, -0.25) is 9.69 Å². The molecule has 0 bridgehead atoms. The normalized spacial score (nSPS) is 14.0. The first-order valence-corrected chi connectivity index (χ1v) is 9.41. The van der Waals surface area contributed by atoms with Gasteiger partial charge in [-0.15, -0.1) is 0 Å². The van der Waals surface area contributed by atoms with Gasteiger partial charge >= 0.3 is 12.2 Å². The molecular weight excluding hydrogens is 374 g/mol. The molecule has 154 valence electrons. The second kappa shape index (κ2) is 8.38. The Labute approximate surface area is 169 Å². The molecule has 1 aliphatic rings. The first kappa shape index (κ1) is 20.4. The van der Waals surface area contributed by atoms with Crippen LogP contribution in [0.5, 0.6) is 0 Å². The number of hydrogen-bond acceptors (Lipinski definition) is 5. The lowest BCUT2D eigenvalue weighted by atomic mass is 10.2. The van der Waals surface area contributed by atoms with Gasteiger partial charge < -0.3 is 19.4 Å². The highest BCUT2D eigenvalue weighted by molar-refractivity contribution is 5.87. The molecule has 0 saturated carbocycles. The number of H-pyrrole nitrogens is 1. The maximum absolute atomic E-state index is 12.8. The molecule has 0 spiro atoms. The van der Waals surface area contributed by atoms with Crippen molar-refractivity contribution < 1.29 is 19.1 Å². The van der Waals surface area contributed by atoms with E-state index in [0.29, 0.717) is 11.4 Å². The highest BCUT2D eigenvalue weighted by Crippen LogP contribution is 2.24. The van der Waals surface area contributed by atoms with Crippen LogP contribution >= 0.6 is 0 Å². The summed E-state index contributed by atoms with van der Waals surface area (Å²) >= 11 is 0. The van der Waals surface area contributed by atoms with Crippen LogP contribution in [-0.4, -0.2) is 40.8 Å². The molecule has 0 radical (unpaired) electrons. The predicted molar refractivity (Wildman–Crippen MR) is 108 cm³/mol. The van der Waals surface area contributed by atoms with E-state index in [9.17, 15) is 14.4 Å². The van der Waals surface area contributed by atoms with Crippen LogP contribution in [0.3, 0.4) is 0 Å². The van der Waals surface area contributed by atoms with Crippen molar-refractivity contribution in [2.24, 2.45) is 0 Å². The van der Waals surface area contributed by atoms with Crippen LogP contribution in [0.25, 0.3) is 0 Å². The minimum atomic E-state index is -0.633. The van der Waals surface area contributed by atoms with Crippen molar-refractivity contribution in [3.05, 3.63) is 63.9 Å². The van der Waals surface area contributed by atoms with E-state index >= 15 is 0 Å². The molecule has 1 N–H and O–H groups in total. The van der Waals surface area contributed by atoms with E-state index in [2.05, 4.69) is 4.98 Å². The van der Waals surface area contributed by atoms with Crippen molar-refractivity contribution in [1.29, 1.82) is 0 Å². The summed E-state index contributed by atoms with van der Waals surface area (Å²) in [4.78, 5) is 42.7. The molecule has 3 rings (SSSR count). The predicted octanol–water partition coefficient (Wildman–Crippen LogP) is 3.27. The zero-order chi connectivity index (χ0) is 21.0. The number of nitrogens with zero attached hydrogens (tertiary/aromatic N) is 2. The van der Waals surface area contributed by atoms with Crippen molar-refractivity contribution in [2.75, 3.05) is 18.0 Å². The zero-order valence-corrected chi connectivity index (χ0v) is 16.8. The molecular formula is C21H25N3O5. The molecule has 0 aliphatic carbocycles. The number of carbonyl (C=O) groups is 2. The van der Waals surface area contributed by atoms with E-state index in [1.165, 1.54) is 15.9 Å². The first-order chi connectivity index (χ1) is 13.7. The maximum atomic E-state index is 12.8. The number of aromatic nitrogens is 1. The largest absolute Gasteiger partial charge is 0.444 e. The van der Waals surface area contributed by atoms with Crippen molar-refractivity contribution in [1.82, 2.24) is 9.88 Å². The summed E-state index contributed by atoms with van der Waals surface area (Å²) in [6.07, 6.45) is -1.07. The minimum absolute atomic E-state index is 0.109. The number of rotatable bonds is 2. The van der Waals surface area contributed by atoms with Crippen molar-refractivity contribution >= 4 is 18.0 Å². The Hall–Kier alpha value is -3.29. The number of pyridine rings is 1. The number of hydrogen-bond donors (Lipinski definition) is 1. The van der Waals surface area contributed by atoms with Gasteiger partial charge in [0.25, 0.3) is 0 Å². The SMILES string of the molecule is CC(C)(C)OC(=O)N1CCN(C(=O)OCc2ccccc2)c2[nH]c(=O)ccc2C1. The molecule has 8 nitrogen and oxygen atoms in total. The summed E-state index contributed by atoms with van der Waals surface area (Å²) in [5.74, 6) is 0.335. The molecule has 1 aromatic carbocycles. The molecule has 0 unspecified atom stereocenters. The van der Waals surface area contributed by atoms with Gasteiger partial charge in [0.1, 0.15) is 18.0 Å². The van der Waals surface area contributed by atoms with E-state index < -0.39 is 17.8 Å². The second-order valence-electron chi connectivity index (χ2n) is 7.79. The Balaban J connectivity index is 1.80. The summed E-state index contributed by atoms with van der Waals surface area (Å²) in [5.41, 5.74) is 0.513. The van der Waals surface area contributed by atoms with Crippen LogP contribution in [0.1, 0.15) is 31.9 Å². The first-order valence-electron chi connectivity index (χ1n) is 9.41. The molecule has 2 heterocycles. The molecule has 0 saturated heterocycles. The Morgan fingerprint density at radius 3 is 2.45 bits per heavy atom. The third kappa shape index (κ3) is 5.37. The van der Waals surface area contributed by atoms with Gasteiger partial charge in [-0.25, -0.2) is 9.59 Å². The fourth-order valence-corrected chi connectivity index (χ4v) is 2.94. The lowest BCUT2D eigenvalue weighted by Crippen LogP contribution is -2.40. The van der Waals surface area contributed by atoms with Crippen LogP contribution in [-0.2, 0) is 22.6 Å². The number of anilines is 1. The third-order valence-electron chi connectivity index (χ3n) is 4.28. The standard InChI is InChI=1S/C21H25N3O5/c1-21(2,3)29-19(26)23-11-12-24(18-16(13-23)9-10-17(25)22-18)20(27)28-14-15-7-5-4-6-8-15/h4-10H,11-14H2,1-3H3,(H,22,25). The Bertz CT molecular complexity index is 933. The molecule has 1 aliphatic heterocycles. The Kier molecular flexibility index (Phi) is 5.91. The van der Waals surface area contributed by atoms with Gasteiger partial charge in [0.2, 0.25) is 5.56 Å². The quantitative estimate of drug-likeness (QED) is 0.837. The highest BCUT2D eigenvalue weighted by Gasteiger charge is 2.30. The summed E-state index contributed by atoms with van der Waals surface area (Å²) in [6.45, 7) is 6.11. The van der Waals surface area contributed by atoms with Gasteiger partial charge in [0, 0.05) is 24.7 Å². The molecule has 1 aromatic heterocycles. The van der Waals surface area contributed by atoms with Gasteiger partial charge in [-0.1, -0.05) is 30.3 Å². The number of benzene rings is 1. The number of ether oxygens (including phenoxy) is 2. The van der Waals surface area contributed by atoms with E-state index in [1.54, 1.807) is 26.8 Å². The molecule has 0 atom stereocenters. The summed E-state index contributed by atoms with van der Waals surface area (Å²) < 4.78 is 10.9.